The van der Waals surface area contributed by atoms with E-state index < -0.39 is 41.5 Å². The average molecular weight is 736 g/mol. The molecule has 2 saturated heterocycles. The summed E-state index contributed by atoms with van der Waals surface area (Å²) in [5, 5.41) is 32.2. The van der Waals surface area contributed by atoms with Crippen LogP contribution in [0.1, 0.15) is 61.6 Å². The molecule has 0 aliphatic carbocycles. The van der Waals surface area contributed by atoms with Crippen LogP contribution < -0.4 is 21.3 Å². The first-order chi connectivity index (χ1) is 25.3. The molecular formula is C37H53N9O7. The minimum Gasteiger partial charge on any atom is -0.391 e. The molecule has 0 bridgehead atoms. The largest absolute Gasteiger partial charge is 0.391 e. The van der Waals surface area contributed by atoms with Gasteiger partial charge in [0, 0.05) is 84.2 Å². The van der Waals surface area contributed by atoms with Gasteiger partial charge in [0.15, 0.2) is 0 Å². The first-order valence-corrected chi connectivity index (χ1v) is 18.3. The molecule has 2 aromatic rings. The van der Waals surface area contributed by atoms with E-state index in [1.165, 1.54) is 22.4 Å². The molecule has 4 heterocycles. The summed E-state index contributed by atoms with van der Waals surface area (Å²) in [6, 6.07) is 8.35. The number of fused-ring (bicyclic) bond motifs is 1. The molecule has 3 aliphatic heterocycles. The molecule has 0 radical (unpaired) electrons. The van der Waals surface area contributed by atoms with Gasteiger partial charge in [0.05, 0.1) is 24.3 Å². The van der Waals surface area contributed by atoms with E-state index in [4.69, 9.17) is 0 Å². The number of rotatable bonds is 16. The predicted octanol–water partition coefficient (Wildman–Crippen LogP) is -0.690. The zero-order valence-electron chi connectivity index (χ0n) is 30.8. The van der Waals surface area contributed by atoms with E-state index in [0.717, 1.165) is 19.5 Å². The molecule has 5 rings (SSSR count). The van der Waals surface area contributed by atoms with Crippen LogP contribution in [-0.4, -0.2) is 147 Å². The number of amides is 4. The van der Waals surface area contributed by atoms with Crippen LogP contribution in [0, 0.1) is 5.41 Å². The Kier molecular flexibility index (Phi) is 13.5. The Bertz CT molecular complexity index is 1610. The van der Waals surface area contributed by atoms with Crippen molar-refractivity contribution in [1.82, 2.24) is 40.6 Å². The van der Waals surface area contributed by atoms with E-state index in [2.05, 4.69) is 53.2 Å². The molecule has 16 heteroatoms. The summed E-state index contributed by atoms with van der Waals surface area (Å²) in [6.07, 6.45) is 1.42. The van der Waals surface area contributed by atoms with Gasteiger partial charge in [0.1, 0.15) is 30.2 Å². The minimum atomic E-state index is -0.918. The summed E-state index contributed by atoms with van der Waals surface area (Å²) in [5.74, 6) is -1.03. The van der Waals surface area contributed by atoms with Crippen LogP contribution in [0.2, 0.25) is 0 Å². The number of aliphatic hydroxyl groups is 2. The number of carbonyl (C=O) groups excluding carboxylic acids is 5. The fraction of sp³-hybridized carbons (Fsp3) is 0.595. The monoisotopic (exact) mass is 735 g/mol. The van der Waals surface area contributed by atoms with Crippen molar-refractivity contribution in [2.75, 3.05) is 57.7 Å². The number of nitrogens with zero attached hydrogens (tertiary/aromatic N) is 5. The summed E-state index contributed by atoms with van der Waals surface area (Å²) < 4.78 is 0. The second-order valence-electron chi connectivity index (χ2n) is 15.3. The van der Waals surface area contributed by atoms with Gasteiger partial charge in [0.25, 0.3) is 5.91 Å². The Hall–Kier alpha value is -4.51. The highest BCUT2D eigenvalue weighted by Gasteiger charge is 2.42. The molecule has 1 aromatic carbocycles. The minimum absolute atomic E-state index is 0.0317. The number of hydrogen-bond donors (Lipinski definition) is 6. The number of aldehydes is 1. The first-order valence-electron chi connectivity index (χ1n) is 18.3. The fourth-order valence-electron chi connectivity index (χ4n) is 6.93. The molecule has 4 amide bonds. The standard InChI is InChI=1S/C37H53N9O7/c1-37(2,3)34(36(53)46-21-28(48)14-27(46)22-47)43-33(51)9-8-32(50)38-11-13-45-18-26(19-45)42-31-15-30(40-23-41-31)35(52)39-16-29(49)20-44-12-10-24-6-4-5-7-25(24)17-44/h4-7,15,22-23,26-29,34,48-49H,8-14,16-21H2,1-3H3,(H,38,50)(H,39,52)(H,43,51)(H,40,41,42)/t27-,28+,29-,34+/m0/s1. The molecule has 53 heavy (non-hydrogen) atoms. The van der Waals surface area contributed by atoms with Crippen LogP contribution in [-0.2, 0) is 32.1 Å². The topological polar surface area (TPSA) is 209 Å². The molecule has 1 aromatic heterocycles. The van der Waals surface area contributed by atoms with Crippen molar-refractivity contribution < 1.29 is 34.2 Å². The molecule has 16 nitrogen and oxygen atoms in total. The number of anilines is 1. The van der Waals surface area contributed by atoms with Crippen molar-refractivity contribution in [1.29, 1.82) is 0 Å². The number of aromatic nitrogens is 2. The summed E-state index contributed by atoms with van der Waals surface area (Å²) in [4.78, 5) is 76.6. The zero-order valence-corrected chi connectivity index (χ0v) is 30.8. The number of aliphatic hydroxyl groups excluding tert-OH is 2. The van der Waals surface area contributed by atoms with Crippen LogP contribution in [0.5, 0.6) is 0 Å². The third-order valence-electron chi connectivity index (χ3n) is 9.89. The quantitative estimate of drug-likeness (QED) is 0.119. The number of hydrogen-bond acceptors (Lipinski definition) is 12. The van der Waals surface area contributed by atoms with Gasteiger partial charge in [-0.3, -0.25) is 29.0 Å². The van der Waals surface area contributed by atoms with Gasteiger partial charge < -0.3 is 41.2 Å². The van der Waals surface area contributed by atoms with Crippen molar-refractivity contribution in [2.24, 2.45) is 5.41 Å². The third kappa shape index (κ3) is 11.2. The Balaban J connectivity index is 0.949. The number of β-amino-alcohol motifs (C(OH)–C–C–N with tert-alkyl or cyclic N) is 2. The highest BCUT2D eigenvalue weighted by molar-refractivity contribution is 5.93. The summed E-state index contributed by atoms with van der Waals surface area (Å²) >= 11 is 0. The molecule has 2 fully saturated rings. The molecule has 0 saturated carbocycles. The van der Waals surface area contributed by atoms with E-state index in [9.17, 15) is 34.2 Å². The SMILES string of the molecule is CC(C)(C)[C@H](NC(=O)CCC(=O)NCCN1CC(Nc2cc(C(=O)NC[C@H](O)CN3CCc4ccccc4C3)ncn2)C1)C(=O)N1C[C@H](O)C[C@H]1C=O. The van der Waals surface area contributed by atoms with Gasteiger partial charge in [-0.2, -0.15) is 0 Å². The number of likely N-dealkylation sites (tertiary alicyclic amines) is 2. The molecule has 4 atom stereocenters. The zero-order chi connectivity index (χ0) is 38.1. The normalized spacial score (nSPS) is 20.4. The lowest BCUT2D eigenvalue weighted by Gasteiger charge is -2.39. The van der Waals surface area contributed by atoms with Crippen molar-refractivity contribution in [3.05, 3.63) is 53.5 Å². The lowest BCUT2D eigenvalue weighted by molar-refractivity contribution is -0.141. The first kappa shape index (κ1) is 39.7. The van der Waals surface area contributed by atoms with Gasteiger partial charge in [-0.1, -0.05) is 45.0 Å². The highest BCUT2D eigenvalue weighted by atomic mass is 16.3. The van der Waals surface area contributed by atoms with Gasteiger partial charge in [-0.15, -0.1) is 0 Å². The van der Waals surface area contributed by atoms with Crippen molar-refractivity contribution in [2.45, 2.75) is 83.3 Å². The lowest BCUT2D eigenvalue weighted by Crippen LogP contribution is -2.56. The van der Waals surface area contributed by atoms with Gasteiger partial charge >= 0.3 is 0 Å². The van der Waals surface area contributed by atoms with Gasteiger partial charge in [0.2, 0.25) is 17.7 Å². The Morgan fingerprint density at radius 2 is 1.74 bits per heavy atom. The number of benzene rings is 1. The van der Waals surface area contributed by atoms with Crippen LogP contribution in [0.25, 0.3) is 0 Å². The van der Waals surface area contributed by atoms with E-state index in [0.29, 0.717) is 44.8 Å². The molecule has 0 spiro atoms. The maximum atomic E-state index is 13.2. The molecule has 288 valence electrons. The maximum Gasteiger partial charge on any atom is 0.270 e. The molecule has 6 N–H and O–H groups in total. The summed E-state index contributed by atoms with van der Waals surface area (Å²) in [5.41, 5.74) is 2.16. The second-order valence-corrected chi connectivity index (χ2v) is 15.3. The Morgan fingerprint density at radius 1 is 1.00 bits per heavy atom. The molecule has 0 unspecified atom stereocenters. The number of nitrogens with one attached hydrogen (secondary N) is 4. The van der Waals surface area contributed by atoms with Crippen LogP contribution in [0.3, 0.4) is 0 Å². The van der Waals surface area contributed by atoms with E-state index >= 15 is 0 Å². The maximum absolute atomic E-state index is 13.2. The molecular weight excluding hydrogens is 682 g/mol. The van der Waals surface area contributed by atoms with Crippen molar-refractivity contribution >= 4 is 35.7 Å². The van der Waals surface area contributed by atoms with Crippen LogP contribution in [0.4, 0.5) is 5.82 Å². The average Bonchev–Trinajstić information content (AvgIpc) is 3.50. The molecule has 3 aliphatic rings. The van der Waals surface area contributed by atoms with Crippen molar-refractivity contribution in [3.63, 3.8) is 0 Å². The highest BCUT2D eigenvalue weighted by Crippen LogP contribution is 2.26. The van der Waals surface area contributed by atoms with Crippen molar-refractivity contribution in [3.8, 4) is 0 Å². The third-order valence-corrected chi connectivity index (χ3v) is 9.89. The van der Waals surface area contributed by atoms with Gasteiger partial charge in [-0.25, -0.2) is 9.97 Å². The Labute approximate surface area is 310 Å². The fourth-order valence-corrected chi connectivity index (χ4v) is 6.93. The van der Waals surface area contributed by atoms with Gasteiger partial charge in [-0.05, 0) is 23.0 Å². The summed E-state index contributed by atoms with van der Waals surface area (Å²) in [6.45, 7) is 10.1. The van der Waals surface area contributed by atoms with E-state index in [1.54, 1.807) is 26.8 Å². The van der Waals surface area contributed by atoms with Crippen LogP contribution >= 0.6 is 0 Å². The second kappa shape index (κ2) is 18.0. The predicted molar refractivity (Wildman–Crippen MR) is 195 cm³/mol. The number of carbonyl (C=O) groups is 5. The Morgan fingerprint density at radius 3 is 2.47 bits per heavy atom. The smallest absolute Gasteiger partial charge is 0.270 e. The van der Waals surface area contributed by atoms with Crippen LogP contribution in [0.15, 0.2) is 36.7 Å². The van der Waals surface area contributed by atoms with E-state index in [1.807, 2.05) is 12.1 Å². The lowest BCUT2D eigenvalue weighted by atomic mass is 9.85. The van der Waals surface area contributed by atoms with E-state index in [-0.39, 0.29) is 55.9 Å². The summed E-state index contributed by atoms with van der Waals surface area (Å²) in [7, 11) is 0.